The molecule has 0 aliphatic heterocycles. The number of aromatic nitrogens is 2. The number of methoxy groups -OCH3 is 1. The van der Waals surface area contributed by atoms with E-state index in [4.69, 9.17) is 21.1 Å². The van der Waals surface area contributed by atoms with Crippen LogP contribution in [0, 0.1) is 0 Å². The number of carbonyl (C=O) groups is 2. The minimum atomic E-state index is -0.690. The largest absolute Gasteiger partial charge is 0.465 e. The molecule has 2 aromatic rings. The first-order chi connectivity index (χ1) is 9.74. The number of carbonyl (C=O) groups excluding carboxylic acids is 2. The highest BCUT2D eigenvalue weighted by molar-refractivity contribution is 6.35. The highest BCUT2D eigenvalue weighted by Crippen LogP contribution is 2.27. The number of hydrogen-bond acceptors (Lipinski definition) is 5. The van der Waals surface area contributed by atoms with Crippen molar-refractivity contribution in [1.29, 1.82) is 0 Å². The van der Waals surface area contributed by atoms with Crippen molar-refractivity contribution in [1.82, 2.24) is 9.78 Å². The van der Waals surface area contributed by atoms with Crippen molar-refractivity contribution in [3.05, 3.63) is 28.9 Å². The van der Waals surface area contributed by atoms with Gasteiger partial charge in [-0.15, -0.1) is 0 Å². The summed E-state index contributed by atoms with van der Waals surface area (Å²) in [6, 6.07) is 3.22. The molecule has 0 atom stereocenters. The van der Waals surface area contributed by atoms with E-state index in [0.717, 1.165) is 4.68 Å². The molecule has 0 amide bonds. The van der Waals surface area contributed by atoms with E-state index in [-0.39, 0.29) is 16.1 Å². The number of ether oxygens (including phenoxy) is 2. The fraction of sp³-hybridized carbons (Fsp3) is 0.357. The molecule has 0 aliphatic rings. The Morgan fingerprint density at radius 1 is 1.29 bits per heavy atom. The van der Waals surface area contributed by atoms with Gasteiger partial charge in [-0.25, -0.2) is 9.59 Å². The Morgan fingerprint density at radius 3 is 2.52 bits per heavy atom. The molecular weight excluding hydrogens is 296 g/mol. The Morgan fingerprint density at radius 2 is 1.95 bits per heavy atom. The molecule has 0 N–H and O–H groups in total. The Bertz CT molecular complexity index is 716. The lowest BCUT2D eigenvalue weighted by Crippen LogP contribution is -2.28. The van der Waals surface area contributed by atoms with Crippen molar-refractivity contribution in [2.75, 3.05) is 7.11 Å². The maximum Gasteiger partial charge on any atom is 0.435 e. The smallest absolute Gasteiger partial charge is 0.435 e. The van der Waals surface area contributed by atoms with Gasteiger partial charge < -0.3 is 9.47 Å². The van der Waals surface area contributed by atoms with Crippen molar-refractivity contribution in [2.45, 2.75) is 26.4 Å². The van der Waals surface area contributed by atoms with Crippen LogP contribution in [0.2, 0.25) is 5.02 Å². The molecule has 0 aliphatic carbocycles. The van der Waals surface area contributed by atoms with E-state index in [0.29, 0.717) is 5.39 Å². The molecule has 0 saturated heterocycles. The third kappa shape index (κ3) is 3.00. The van der Waals surface area contributed by atoms with Crippen molar-refractivity contribution in [3.63, 3.8) is 0 Å². The summed E-state index contributed by atoms with van der Waals surface area (Å²) < 4.78 is 11.0. The van der Waals surface area contributed by atoms with E-state index in [1.165, 1.54) is 13.3 Å². The highest BCUT2D eigenvalue weighted by Gasteiger charge is 2.25. The molecule has 1 aromatic heterocycles. The van der Waals surface area contributed by atoms with Crippen molar-refractivity contribution in [2.24, 2.45) is 0 Å². The van der Waals surface area contributed by atoms with Crippen molar-refractivity contribution < 1.29 is 19.1 Å². The third-order valence-electron chi connectivity index (χ3n) is 2.64. The Balaban J connectivity index is 2.64. The number of halogens is 1. The van der Waals surface area contributed by atoms with Gasteiger partial charge in [-0.3, -0.25) is 0 Å². The molecule has 0 radical (unpaired) electrons. The molecular formula is C14H15ClN2O4. The molecule has 0 unspecified atom stereocenters. The van der Waals surface area contributed by atoms with Crippen LogP contribution in [0.3, 0.4) is 0 Å². The quantitative estimate of drug-likeness (QED) is 0.756. The van der Waals surface area contributed by atoms with E-state index < -0.39 is 17.7 Å². The van der Waals surface area contributed by atoms with Crippen molar-refractivity contribution in [3.8, 4) is 0 Å². The van der Waals surface area contributed by atoms with Gasteiger partial charge >= 0.3 is 12.1 Å². The van der Waals surface area contributed by atoms with E-state index in [1.807, 2.05) is 0 Å². The standard InChI is InChI=1S/C14H15ClN2O4/c1-14(2,3)21-13(19)17-11-8(7-16-17)5-6-9(15)10(11)12(18)20-4/h5-7H,1-4H3. The third-order valence-corrected chi connectivity index (χ3v) is 2.95. The van der Waals surface area contributed by atoms with Gasteiger partial charge in [0, 0.05) is 5.39 Å². The van der Waals surface area contributed by atoms with E-state index in [1.54, 1.807) is 32.9 Å². The molecule has 1 heterocycles. The summed E-state index contributed by atoms with van der Waals surface area (Å²) in [4.78, 5) is 24.1. The summed E-state index contributed by atoms with van der Waals surface area (Å²) in [6.45, 7) is 5.22. The molecule has 6 nitrogen and oxygen atoms in total. The molecule has 21 heavy (non-hydrogen) atoms. The van der Waals surface area contributed by atoms with Crippen molar-refractivity contribution >= 4 is 34.6 Å². The maximum absolute atomic E-state index is 12.2. The average molecular weight is 311 g/mol. The summed E-state index contributed by atoms with van der Waals surface area (Å²) in [5, 5.41) is 4.74. The van der Waals surface area contributed by atoms with Crippen LogP contribution in [0.4, 0.5) is 4.79 Å². The van der Waals surface area contributed by atoms with E-state index in [2.05, 4.69) is 5.10 Å². The SMILES string of the molecule is COC(=O)c1c(Cl)ccc2cnn(C(=O)OC(C)(C)C)c12. The second-order valence-electron chi connectivity index (χ2n) is 5.39. The van der Waals surface area contributed by atoms with Crippen LogP contribution in [0.1, 0.15) is 31.1 Å². The first kappa shape index (κ1) is 15.3. The lowest BCUT2D eigenvalue weighted by Gasteiger charge is -2.19. The molecule has 112 valence electrons. The Kier molecular flexibility index (Phi) is 3.91. The monoisotopic (exact) mass is 310 g/mol. The topological polar surface area (TPSA) is 70.4 Å². The summed E-state index contributed by atoms with van der Waals surface area (Å²) >= 11 is 6.05. The normalized spacial score (nSPS) is 11.5. The van der Waals surface area contributed by atoms with Gasteiger partial charge in [0.15, 0.2) is 0 Å². The van der Waals surface area contributed by atoms with Gasteiger partial charge in [-0.05, 0) is 32.9 Å². The van der Waals surface area contributed by atoms with Gasteiger partial charge in [0.1, 0.15) is 11.2 Å². The maximum atomic E-state index is 12.2. The van der Waals surface area contributed by atoms with Crippen LogP contribution in [-0.4, -0.2) is 34.6 Å². The number of rotatable bonds is 1. The Labute approximate surface area is 126 Å². The van der Waals surface area contributed by atoms with Gasteiger partial charge in [0.2, 0.25) is 0 Å². The second kappa shape index (κ2) is 5.37. The van der Waals surface area contributed by atoms with Crippen LogP contribution in [-0.2, 0) is 9.47 Å². The Hall–Kier alpha value is -2.08. The molecule has 2 rings (SSSR count). The van der Waals surface area contributed by atoms with Crippen LogP contribution < -0.4 is 0 Å². The van der Waals surface area contributed by atoms with Crippen LogP contribution >= 0.6 is 11.6 Å². The first-order valence-corrected chi connectivity index (χ1v) is 6.60. The molecule has 1 aromatic carbocycles. The van der Waals surface area contributed by atoms with Gasteiger partial charge in [-0.1, -0.05) is 11.6 Å². The molecule has 0 bridgehead atoms. The summed E-state index contributed by atoms with van der Waals surface area (Å²) in [7, 11) is 1.24. The predicted octanol–water partition coefficient (Wildman–Crippen LogP) is 3.26. The van der Waals surface area contributed by atoms with Crippen LogP contribution in [0.15, 0.2) is 18.3 Å². The summed E-state index contributed by atoms with van der Waals surface area (Å²) in [5.41, 5.74) is -0.331. The van der Waals surface area contributed by atoms with Crippen LogP contribution in [0.5, 0.6) is 0 Å². The first-order valence-electron chi connectivity index (χ1n) is 6.22. The number of benzene rings is 1. The minimum absolute atomic E-state index is 0.0834. The molecule has 7 heteroatoms. The minimum Gasteiger partial charge on any atom is -0.465 e. The zero-order valence-electron chi connectivity index (χ0n) is 12.1. The number of esters is 1. The fourth-order valence-corrected chi connectivity index (χ4v) is 2.06. The van der Waals surface area contributed by atoms with E-state index >= 15 is 0 Å². The molecule has 0 fully saturated rings. The average Bonchev–Trinajstić information content (AvgIpc) is 2.79. The highest BCUT2D eigenvalue weighted by atomic mass is 35.5. The zero-order valence-corrected chi connectivity index (χ0v) is 12.9. The second-order valence-corrected chi connectivity index (χ2v) is 5.80. The molecule has 0 saturated carbocycles. The number of hydrogen-bond donors (Lipinski definition) is 0. The lowest BCUT2D eigenvalue weighted by atomic mass is 10.1. The van der Waals surface area contributed by atoms with Gasteiger partial charge in [-0.2, -0.15) is 9.78 Å². The van der Waals surface area contributed by atoms with Gasteiger partial charge in [0.25, 0.3) is 0 Å². The fourth-order valence-electron chi connectivity index (χ4n) is 1.83. The lowest BCUT2D eigenvalue weighted by molar-refractivity contribution is 0.0522. The van der Waals surface area contributed by atoms with E-state index in [9.17, 15) is 9.59 Å². The number of nitrogens with zero attached hydrogens (tertiary/aromatic N) is 2. The summed E-state index contributed by atoms with van der Waals surface area (Å²) in [5.74, 6) is -0.643. The van der Waals surface area contributed by atoms with Crippen LogP contribution in [0.25, 0.3) is 10.9 Å². The predicted molar refractivity (Wildman–Crippen MR) is 77.7 cm³/mol. The summed E-state index contributed by atoms with van der Waals surface area (Å²) in [6.07, 6.45) is 0.770. The zero-order chi connectivity index (χ0) is 15.8. The number of fused-ring (bicyclic) bond motifs is 1. The molecule has 0 spiro atoms. The van der Waals surface area contributed by atoms with Gasteiger partial charge in [0.05, 0.1) is 23.8 Å².